The largest absolute Gasteiger partial charge is 0.481 e. The summed E-state index contributed by atoms with van der Waals surface area (Å²) < 4.78 is 25.3. The maximum absolute atomic E-state index is 12.1. The van der Waals surface area contributed by atoms with Crippen LogP contribution in [-0.4, -0.2) is 37.4 Å². The highest BCUT2D eigenvalue weighted by atomic mass is 32.2. The molecule has 0 saturated carbocycles. The molecule has 3 N–H and O–H groups in total. The van der Waals surface area contributed by atoms with Gasteiger partial charge in [-0.1, -0.05) is 0 Å². The molecule has 0 aliphatic rings. The molecule has 0 atom stereocenters. The van der Waals surface area contributed by atoms with Crippen molar-refractivity contribution in [2.24, 2.45) is 0 Å². The molecule has 0 bridgehead atoms. The molecule has 6 nitrogen and oxygen atoms in total. The first kappa shape index (κ1) is 14.5. The molecule has 0 fully saturated rings. The number of carbonyl (C=O) groups is 1. The van der Waals surface area contributed by atoms with Gasteiger partial charge in [0.05, 0.1) is 4.90 Å². The lowest BCUT2D eigenvalue weighted by atomic mass is 10.3. The monoisotopic (exact) mass is 272 g/mol. The topological polar surface area (TPSA) is 101 Å². The van der Waals surface area contributed by atoms with E-state index in [4.69, 9.17) is 10.8 Å². The first-order valence-corrected chi connectivity index (χ1v) is 6.81. The number of nitrogens with zero attached hydrogens (tertiary/aromatic N) is 1. The highest BCUT2D eigenvalue weighted by Crippen LogP contribution is 2.16. The second-order valence-electron chi connectivity index (χ2n) is 3.89. The van der Waals surface area contributed by atoms with Crippen LogP contribution < -0.4 is 5.73 Å². The van der Waals surface area contributed by atoms with Gasteiger partial charge in [-0.3, -0.25) is 4.79 Å². The number of hydrogen-bond acceptors (Lipinski definition) is 4. The van der Waals surface area contributed by atoms with Crippen molar-refractivity contribution in [3.8, 4) is 0 Å². The van der Waals surface area contributed by atoms with Crippen molar-refractivity contribution in [2.45, 2.75) is 17.7 Å². The van der Waals surface area contributed by atoms with Gasteiger partial charge in [0, 0.05) is 25.7 Å². The van der Waals surface area contributed by atoms with Gasteiger partial charge in [-0.25, -0.2) is 12.7 Å². The second kappa shape index (κ2) is 5.83. The van der Waals surface area contributed by atoms with Crippen molar-refractivity contribution in [3.05, 3.63) is 24.3 Å². The number of hydrogen-bond donors (Lipinski definition) is 2. The zero-order chi connectivity index (χ0) is 13.8. The molecule has 1 aromatic carbocycles. The third-order valence-electron chi connectivity index (χ3n) is 2.45. The Bertz CT molecular complexity index is 510. The number of nitrogen functional groups attached to an aromatic ring is 1. The minimum atomic E-state index is -3.57. The Morgan fingerprint density at radius 2 is 1.89 bits per heavy atom. The van der Waals surface area contributed by atoms with Gasteiger partial charge in [0.1, 0.15) is 0 Å². The molecule has 0 aromatic heterocycles. The summed E-state index contributed by atoms with van der Waals surface area (Å²) in [6.45, 7) is 0.166. The van der Waals surface area contributed by atoms with Crippen LogP contribution in [-0.2, 0) is 14.8 Å². The fourth-order valence-corrected chi connectivity index (χ4v) is 2.60. The Kier molecular flexibility index (Phi) is 4.69. The Morgan fingerprint density at radius 1 is 1.33 bits per heavy atom. The SMILES string of the molecule is CN(CCCC(=O)O)S(=O)(=O)c1ccc(N)cc1. The van der Waals surface area contributed by atoms with E-state index in [0.29, 0.717) is 5.69 Å². The molecule has 0 saturated heterocycles. The van der Waals surface area contributed by atoms with E-state index in [9.17, 15) is 13.2 Å². The van der Waals surface area contributed by atoms with Gasteiger partial charge in [-0.05, 0) is 30.7 Å². The minimum Gasteiger partial charge on any atom is -0.481 e. The summed E-state index contributed by atoms with van der Waals surface area (Å²) in [4.78, 5) is 10.5. The highest BCUT2D eigenvalue weighted by Gasteiger charge is 2.20. The first-order chi connectivity index (χ1) is 8.34. The van der Waals surface area contributed by atoms with Crippen molar-refractivity contribution in [2.75, 3.05) is 19.3 Å². The summed E-state index contributed by atoms with van der Waals surface area (Å²) in [5.74, 6) is -0.937. The molecular formula is C11H16N2O4S. The molecule has 0 aliphatic carbocycles. The molecule has 0 amide bonds. The molecule has 1 aromatic rings. The third-order valence-corrected chi connectivity index (χ3v) is 4.32. The van der Waals surface area contributed by atoms with Gasteiger partial charge >= 0.3 is 5.97 Å². The van der Waals surface area contributed by atoms with Crippen LogP contribution >= 0.6 is 0 Å². The Balaban J connectivity index is 2.73. The quantitative estimate of drug-likeness (QED) is 0.744. The Hall–Kier alpha value is -1.60. The van der Waals surface area contributed by atoms with Crippen LogP contribution in [0.5, 0.6) is 0 Å². The van der Waals surface area contributed by atoms with E-state index >= 15 is 0 Å². The van der Waals surface area contributed by atoms with Gasteiger partial charge < -0.3 is 10.8 Å². The summed E-state index contributed by atoms with van der Waals surface area (Å²) in [6.07, 6.45) is 0.224. The first-order valence-electron chi connectivity index (χ1n) is 5.37. The fourth-order valence-electron chi connectivity index (χ4n) is 1.39. The maximum Gasteiger partial charge on any atom is 0.303 e. The molecule has 100 valence electrons. The number of carboxylic acid groups (broad SMARTS) is 1. The number of carboxylic acids is 1. The predicted molar refractivity (Wildman–Crippen MR) is 67.5 cm³/mol. The van der Waals surface area contributed by atoms with Crippen LogP contribution in [0, 0.1) is 0 Å². The molecule has 7 heteroatoms. The van der Waals surface area contributed by atoms with E-state index in [1.165, 1.54) is 31.3 Å². The highest BCUT2D eigenvalue weighted by molar-refractivity contribution is 7.89. The smallest absolute Gasteiger partial charge is 0.303 e. The van der Waals surface area contributed by atoms with Gasteiger partial charge in [-0.2, -0.15) is 0 Å². The van der Waals surface area contributed by atoms with Crippen LogP contribution in [0.3, 0.4) is 0 Å². The lowest BCUT2D eigenvalue weighted by Gasteiger charge is -2.16. The Morgan fingerprint density at radius 3 is 2.39 bits per heavy atom. The van der Waals surface area contributed by atoms with E-state index < -0.39 is 16.0 Å². The second-order valence-corrected chi connectivity index (χ2v) is 5.94. The lowest BCUT2D eigenvalue weighted by molar-refractivity contribution is -0.137. The van der Waals surface area contributed by atoms with Gasteiger partial charge in [-0.15, -0.1) is 0 Å². The molecule has 18 heavy (non-hydrogen) atoms. The average molecular weight is 272 g/mol. The maximum atomic E-state index is 12.1. The molecule has 0 heterocycles. The molecule has 0 unspecified atom stereocenters. The van der Waals surface area contributed by atoms with Crippen molar-refractivity contribution in [1.29, 1.82) is 0 Å². The number of sulfonamides is 1. The van der Waals surface area contributed by atoms with Crippen molar-refractivity contribution < 1.29 is 18.3 Å². The minimum absolute atomic E-state index is 0.0540. The van der Waals surface area contributed by atoms with Gasteiger partial charge in [0.2, 0.25) is 10.0 Å². The van der Waals surface area contributed by atoms with E-state index in [-0.39, 0.29) is 24.3 Å². The van der Waals surface area contributed by atoms with Gasteiger partial charge in [0.25, 0.3) is 0 Å². The van der Waals surface area contributed by atoms with Crippen molar-refractivity contribution in [3.63, 3.8) is 0 Å². The molecule has 0 spiro atoms. The summed E-state index contributed by atoms with van der Waals surface area (Å²) in [5, 5.41) is 8.49. The fraction of sp³-hybridized carbons (Fsp3) is 0.364. The summed E-state index contributed by atoms with van der Waals surface area (Å²) in [7, 11) is -2.14. The van der Waals surface area contributed by atoms with Crippen molar-refractivity contribution in [1.82, 2.24) is 4.31 Å². The summed E-state index contributed by atoms with van der Waals surface area (Å²) in [5.41, 5.74) is 5.97. The number of rotatable bonds is 6. The van der Waals surface area contributed by atoms with Crippen LogP contribution in [0.4, 0.5) is 5.69 Å². The molecule has 0 radical (unpaired) electrons. The Labute approximate surface area is 106 Å². The summed E-state index contributed by atoms with van der Waals surface area (Å²) >= 11 is 0. The zero-order valence-corrected chi connectivity index (χ0v) is 10.9. The molecular weight excluding hydrogens is 256 g/mol. The third kappa shape index (κ3) is 3.71. The van der Waals surface area contributed by atoms with E-state index in [1.807, 2.05) is 0 Å². The summed E-state index contributed by atoms with van der Waals surface area (Å²) in [6, 6.07) is 5.88. The van der Waals surface area contributed by atoms with Gasteiger partial charge in [0.15, 0.2) is 0 Å². The zero-order valence-electron chi connectivity index (χ0n) is 10.0. The van der Waals surface area contributed by atoms with E-state index in [1.54, 1.807) is 0 Å². The standard InChI is InChI=1S/C11H16N2O4S/c1-13(8-2-3-11(14)15)18(16,17)10-6-4-9(12)5-7-10/h4-7H,2-3,8,12H2,1H3,(H,14,15). The number of benzene rings is 1. The van der Waals surface area contributed by atoms with Crippen LogP contribution in [0.1, 0.15) is 12.8 Å². The number of aliphatic carboxylic acids is 1. The van der Waals surface area contributed by atoms with E-state index in [2.05, 4.69) is 0 Å². The average Bonchev–Trinajstić information content (AvgIpc) is 2.28. The van der Waals surface area contributed by atoms with E-state index in [0.717, 1.165) is 4.31 Å². The van der Waals surface area contributed by atoms with Crippen molar-refractivity contribution >= 4 is 21.7 Å². The normalized spacial score (nSPS) is 11.7. The van der Waals surface area contributed by atoms with Crippen LogP contribution in [0.15, 0.2) is 29.2 Å². The number of nitrogens with two attached hydrogens (primary N) is 1. The lowest BCUT2D eigenvalue weighted by Crippen LogP contribution is -2.28. The molecule has 0 aliphatic heterocycles. The molecule has 1 rings (SSSR count). The number of anilines is 1. The van der Waals surface area contributed by atoms with Crippen LogP contribution in [0.25, 0.3) is 0 Å². The van der Waals surface area contributed by atoms with Crippen LogP contribution in [0.2, 0.25) is 0 Å². The predicted octanol–water partition coefficient (Wildman–Crippen LogP) is 0.754.